The molecule has 1 aliphatic heterocycles. The number of hydrogen-bond donors (Lipinski definition) is 1. The summed E-state index contributed by atoms with van der Waals surface area (Å²) in [6, 6.07) is 0.490. The molecule has 1 N–H and O–H groups in total. The zero-order valence-corrected chi connectivity index (χ0v) is 12.4. The Morgan fingerprint density at radius 3 is 2.79 bits per heavy atom. The fraction of sp³-hybridized carbons (Fsp3) is 0.941. The topological polar surface area (TPSA) is 29.1 Å². The van der Waals surface area contributed by atoms with Gasteiger partial charge in [0, 0.05) is 18.4 Å². The van der Waals surface area contributed by atoms with Gasteiger partial charge in [-0.15, -0.1) is 0 Å². The summed E-state index contributed by atoms with van der Waals surface area (Å²) in [5, 5.41) is 3.67. The van der Waals surface area contributed by atoms with Crippen molar-refractivity contribution in [1.82, 2.24) is 5.32 Å². The van der Waals surface area contributed by atoms with Crippen molar-refractivity contribution in [3.05, 3.63) is 0 Å². The number of carbonyl (C=O) groups excluding carboxylic acids is 1. The van der Waals surface area contributed by atoms with Gasteiger partial charge in [0.05, 0.1) is 0 Å². The SMILES string of the molecule is CCC1CCNC(C2CC3(CCCC3)CCC2=O)C1. The third-order valence-electron chi connectivity index (χ3n) is 6.24. The van der Waals surface area contributed by atoms with Crippen molar-refractivity contribution in [1.29, 1.82) is 0 Å². The molecule has 2 saturated carbocycles. The second-order valence-electron chi connectivity index (χ2n) is 7.34. The van der Waals surface area contributed by atoms with Crippen molar-refractivity contribution >= 4 is 5.78 Å². The van der Waals surface area contributed by atoms with Gasteiger partial charge in [0.2, 0.25) is 0 Å². The zero-order chi connectivity index (χ0) is 13.3. The van der Waals surface area contributed by atoms with E-state index in [1.807, 2.05) is 0 Å². The van der Waals surface area contributed by atoms with E-state index in [4.69, 9.17) is 0 Å². The van der Waals surface area contributed by atoms with Crippen LogP contribution in [0.5, 0.6) is 0 Å². The zero-order valence-electron chi connectivity index (χ0n) is 12.4. The fourth-order valence-electron chi connectivity index (χ4n) is 4.91. The molecule has 0 aromatic heterocycles. The first-order valence-corrected chi connectivity index (χ1v) is 8.48. The third kappa shape index (κ3) is 2.74. The quantitative estimate of drug-likeness (QED) is 0.823. The number of hydrogen-bond acceptors (Lipinski definition) is 2. The maximum Gasteiger partial charge on any atom is 0.137 e. The highest BCUT2D eigenvalue weighted by atomic mass is 16.1. The van der Waals surface area contributed by atoms with Crippen molar-refractivity contribution in [3.63, 3.8) is 0 Å². The minimum absolute atomic E-state index is 0.334. The summed E-state index contributed by atoms with van der Waals surface area (Å²) in [5.41, 5.74) is 0.555. The van der Waals surface area contributed by atoms with Gasteiger partial charge in [-0.05, 0) is 56.4 Å². The van der Waals surface area contributed by atoms with Crippen LogP contribution in [0.2, 0.25) is 0 Å². The standard InChI is InChI=1S/C17H29NO/c1-2-13-6-10-18-15(11-13)14-12-17(7-3-4-8-17)9-5-16(14)19/h13-15,18H,2-12H2,1H3. The van der Waals surface area contributed by atoms with Gasteiger partial charge in [-0.25, -0.2) is 0 Å². The van der Waals surface area contributed by atoms with Crippen LogP contribution in [-0.4, -0.2) is 18.4 Å². The molecule has 2 heteroatoms. The summed E-state index contributed by atoms with van der Waals surface area (Å²) in [7, 11) is 0. The summed E-state index contributed by atoms with van der Waals surface area (Å²) in [6.45, 7) is 3.42. The summed E-state index contributed by atoms with van der Waals surface area (Å²) in [6.07, 6.45) is 12.6. The molecular formula is C17H29NO. The Balaban J connectivity index is 1.69. The molecule has 3 atom stereocenters. The second kappa shape index (κ2) is 5.55. The van der Waals surface area contributed by atoms with Gasteiger partial charge < -0.3 is 5.32 Å². The molecule has 0 bridgehead atoms. The smallest absolute Gasteiger partial charge is 0.137 e. The number of Topliss-reactive ketones (excluding diaryl/α,β-unsaturated/α-hetero) is 1. The van der Waals surface area contributed by atoms with Crippen LogP contribution in [-0.2, 0) is 4.79 Å². The predicted octanol–water partition coefficient (Wildman–Crippen LogP) is 3.69. The maximum absolute atomic E-state index is 12.4. The lowest BCUT2D eigenvalue weighted by atomic mass is 9.65. The minimum Gasteiger partial charge on any atom is -0.313 e. The molecule has 1 saturated heterocycles. The summed E-state index contributed by atoms with van der Waals surface area (Å²) >= 11 is 0. The number of piperidine rings is 1. The van der Waals surface area contributed by atoms with E-state index >= 15 is 0 Å². The Kier molecular flexibility index (Phi) is 3.98. The Bertz CT molecular complexity index is 332. The van der Waals surface area contributed by atoms with Crippen molar-refractivity contribution < 1.29 is 4.79 Å². The van der Waals surface area contributed by atoms with E-state index < -0.39 is 0 Å². The molecule has 19 heavy (non-hydrogen) atoms. The highest BCUT2D eigenvalue weighted by Gasteiger charge is 2.44. The van der Waals surface area contributed by atoms with Crippen LogP contribution in [0.4, 0.5) is 0 Å². The van der Waals surface area contributed by atoms with Gasteiger partial charge in [-0.3, -0.25) is 4.79 Å². The molecular weight excluding hydrogens is 234 g/mol. The molecule has 0 aromatic rings. The normalized spacial score (nSPS) is 38.8. The van der Waals surface area contributed by atoms with E-state index in [1.165, 1.54) is 57.8 Å². The fourth-order valence-corrected chi connectivity index (χ4v) is 4.91. The highest BCUT2D eigenvalue weighted by Crippen LogP contribution is 2.50. The number of rotatable bonds is 2. The summed E-state index contributed by atoms with van der Waals surface area (Å²) in [4.78, 5) is 12.4. The van der Waals surface area contributed by atoms with Crippen molar-refractivity contribution in [2.24, 2.45) is 17.3 Å². The van der Waals surface area contributed by atoms with Gasteiger partial charge >= 0.3 is 0 Å². The highest BCUT2D eigenvalue weighted by molar-refractivity contribution is 5.82. The summed E-state index contributed by atoms with van der Waals surface area (Å²) in [5.74, 6) is 1.74. The molecule has 3 aliphatic rings. The van der Waals surface area contributed by atoms with E-state index in [2.05, 4.69) is 12.2 Å². The van der Waals surface area contributed by atoms with Gasteiger partial charge in [-0.2, -0.15) is 0 Å². The molecule has 1 heterocycles. The van der Waals surface area contributed by atoms with Crippen molar-refractivity contribution in [2.45, 2.75) is 77.2 Å². The molecule has 108 valence electrons. The Hall–Kier alpha value is -0.370. The van der Waals surface area contributed by atoms with Gasteiger partial charge in [-0.1, -0.05) is 26.2 Å². The lowest BCUT2D eigenvalue weighted by molar-refractivity contribution is -0.129. The molecule has 0 radical (unpaired) electrons. The second-order valence-corrected chi connectivity index (χ2v) is 7.34. The maximum atomic E-state index is 12.4. The first kappa shape index (κ1) is 13.6. The lowest BCUT2D eigenvalue weighted by Gasteiger charge is -2.43. The van der Waals surface area contributed by atoms with Gasteiger partial charge in [0.25, 0.3) is 0 Å². The lowest BCUT2D eigenvalue weighted by Crippen LogP contribution is -2.49. The number of carbonyl (C=O) groups is 1. The molecule has 0 amide bonds. The van der Waals surface area contributed by atoms with E-state index in [-0.39, 0.29) is 0 Å². The van der Waals surface area contributed by atoms with E-state index in [0.717, 1.165) is 18.9 Å². The van der Waals surface area contributed by atoms with Gasteiger partial charge in [0.15, 0.2) is 0 Å². The first-order chi connectivity index (χ1) is 9.22. The first-order valence-electron chi connectivity index (χ1n) is 8.48. The Morgan fingerprint density at radius 1 is 1.26 bits per heavy atom. The van der Waals surface area contributed by atoms with E-state index in [0.29, 0.717) is 23.2 Å². The molecule has 0 aromatic carbocycles. The van der Waals surface area contributed by atoms with Crippen LogP contribution in [0.3, 0.4) is 0 Å². The molecule has 3 rings (SSSR count). The molecule has 3 unspecified atom stereocenters. The minimum atomic E-state index is 0.334. The molecule has 2 aliphatic carbocycles. The van der Waals surface area contributed by atoms with Crippen LogP contribution in [0.1, 0.15) is 71.1 Å². The Labute approximate surface area is 117 Å². The number of nitrogens with one attached hydrogen (secondary N) is 1. The monoisotopic (exact) mass is 263 g/mol. The molecule has 1 spiro atoms. The third-order valence-corrected chi connectivity index (χ3v) is 6.24. The van der Waals surface area contributed by atoms with Crippen LogP contribution >= 0.6 is 0 Å². The van der Waals surface area contributed by atoms with E-state index in [1.54, 1.807) is 0 Å². The van der Waals surface area contributed by atoms with Crippen molar-refractivity contribution in [2.75, 3.05) is 6.54 Å². The van der Waals surface area contributed by atoms with Crippen LogP contribution in [0, 0.1) is 17.3 Å². The van der Waals surface area contributed by atoms with Crippen LogP contribution < -0.4 is 5.32 Å². The number of ketones is 1. The average Bonchev–Trinajstić information content (AvgIpc) is 2.90. The predicted molar refractivity (Wildman–Crippen MR) is 78.1 cm³/mol. The van der Waals surface area contributed by atoms with Gasteiger partial charge in [0.1, 0.15) is 5.78 Å². The van der Waals surface area contributed by atoms with Crippen molar-refractivity contribution in [3.8, 4) is 0 Å². The largest absolute Gasteiger partial charge is 0.313 e. The van der Waals surface area contributed by atoms with Crippen LogP contribution in [0.25, 0.3) is 0 Å². The molecule has 2 nitrogen and oxygen atoms in total. The average molecular weight is 263 g/mol. The van der Waals surface area contributed by atoms with E-state index in [9.17, 15) is 4.79 Å². The Morgan fingerprint density at radius 2 is 2.05 bits per heavy atom. The summed E-state index contributed by atoms with van der Waals surface area (Å²) < 4.78 is 0. The molecule has 3 fully saturated rings. The van der Waals surface area contributed by atoms with Crippen LogP contribution in [0.15, 0.2) is 0 Å².